The molecule has 0 saturated heterocycles. The van der Waals surface area contributed by atoms with E-state index in [-0.39, 0.29) is 0 Å². The topological polar surface area (TPSA) is 15.3 Å². The molecule has 0 radical (unpaired) electrons. The largest absolute Gasteiger partial charge is 0.320 e. The summed E-state index contributed by atoms with van der Waals surface area (Å²) >= 11 is 0. The van der Waals surface area contributed by atoms with E-state index in [1.807, 2.05) is 19.2 Å². The second-order valence-electron chi connectivity index (χ2n) is 3.50. The van der Waals surface area contributed by atoms with E-state index in [9.17, 15) is 0 Å². The molecule has 2 nitrogen and oxygen atoms in total. The molecule has 2 heteroatoms. The average Bonchev–Trinajstić information content (AvgIpc) is 2.18. The zero-order valence-electron chi connectivity index (χ0n) is 9.47. The van der Waals surface area contributed by atoms with Crippen molar-refractivity contribution in [3.8, 4) is 0 Å². The van der Waals surface area contributed by atoms with Gasteiger partial charge in [0.05, 0.1) is 0 Å². The van der Waals surface area contributed by atoms with Crippen LogP contribution < -0.4 is 5.32 Å². The molecule has 0 unspecified atom stereocenters. The third kappa shape index (κ3) is 8.02. The van der Waals surface area contributed by atoms with Gasteiger partial charge in [0, 0.05) is 13.1 Å². The molecule has 0 fully saturated rings. The molecular formula is C12H24N2. The van der Waals surface area contributed by atoms with Crippen LogP contribution in [-0.2, 0) is 0 Å². The molecule has 0 rings (SSSR count). The smallest absolute Gasteiger partial charge is 0.0163 e. The number of hydrogen-bond donors (Lipinski definition) is 1. The number of unbranched alkanes of at least 4 members (excludes halogenated alkanes) is 2. The minimum Gasteiger partial charge on any atom is -0.320 e. The molecule has 0 spiro atoms. The van der Waals surface area contributed by atoms with Crippen molar-refractivity contribution in [1.29, 1.82) is 0 Å². The zero-order valence-corrected chi connectivity index (χ0v) is 9.47. The molecule has 82 valence electrons. The summed E-state index contributed by atoms with van der Waals surface area (Å²) in [4.78, 5) is 2.36. The fraction of sp³-hybridized carbons (Fsp3) is 0.667. The van der Waals surface area contributed by atoms with Crippen LogP contribution in [0.15, 0.2) is 25.3 Å². The van der Waals surface area contributed by atoms with E-state index < -0.39 is 0 Å². The Morgan fingerprint density at radius 1 is 1.07 bits per heavy atom. The maximum absolute atomic E-state index is 3.75. The lowest BCUT2D eigenvalue weighted by Gasteiger charge is -2.18. The number of nitrogens with one attached hydrogen (secondary N) is 1. The van der Waals surface area contributed by atoms with Gasteiger partial charge >= 0.3 is 0 Å². The van der Waals surface area contributed by atoms with Gasteiger partial charge in [-0.05, 0) is 33.0 Å². The van der Waals surface area contributed by atoms with Gasteiger partial charge in [0.25, 0.3) is 0 Å². The molecule has 0 bridgehead atoms. The van der Waals surface area contributed by atoms with Gasteiger partial charge in [-0.15, -0.1) is 13.2 Å². The number of nitrogens with zero attached hydrogens (tertiary/aromatic N) is 1. The SMILES string of the molecule is C=CCN(CC=C)CCCCCNC. The second kappa shape index (κ2) is 10.5. The van der Waals surface area contributed by atoms with Gasteiger partial charge in [-0.25, -0.2) is 0 Å². The van der Waals surface area contributed by atoms with E-state index in [0.717, 1.165) is 26.2 Å². The predicted molar refractivity (Wildman–Crippen MR) is 64.6 cm³/mol. The maximum Gasteiger partial charge on any atom is 0.0163 e. The van der Waals surface area contributed by atoms with Crippen molar-refractivity contribution >= 4 is 0 Å². The van der Waals surface area contributed by atoms with Crippen LogP contribution in [0.5, 0.6) is 0 Å². The molecule has 0 amide bonds. The number of rotatable bonds is 10. The van der Waals surface area contributed by atoms with Crippen LogP contribution in [0.25, 0.3) is 0 Å². The Bertz CT molecular complexity index is 133. The molecule has 0 heterocycles. The zero-order chi connectivity index (χ0) is 10.6. The lowest BCUT2D eigenvalue weighted by Crippen LogP contribution is -2.25. The Morgan fingerprint density at radius 3 is 2.21 bits per heavy atom. The Labute approximate surface area is 88.7 Å². The highest BCUT2D eigenvalue weighted by atomic mass is 15.1. The molecule has 0 aliphatic rings. The fourth-order valence-corrected chi connectivity index (χ4v) is 1.44. The van der Waals surface area contributed by atoms with E-state index >= 15 is 0 Å². The third-order valence-corrected chi connectivity index (χ3v) is 2.18. The van der Waals surface area contributed by atoms with Gasteiger partial charge < -0.3 is 5.32 Å². The molecule has 0 atom stereocenters. The molecule has 14 heavy (non-hydrogen) atoms. The summed E-state index contributed by atoms with van der Waals surface area (Å²) in [7, 11) is 2.00. The van der Waals surface area contributed by atoms with Crippen molar-refractivity contribution in [3.05, 3.63) is 25.3 Å². The summed E-state index contributed by atoms with van der Waals surface area (Å²) in [5, 5.41) is 3.16. The molecule has 1 N–H and O–H groups in total. The molecule has 0 aliphatic carbocycles. The van der Waals surface area contributed by atoms with Crippen LogP contribution in [0.4, 0.5) is 0 Å². The van der Waals surface area contributed by atoms with Crippen LogP contribution >= 0.6 is 0 Å². The van der Waals surface area contributed by atoms with Gasteiger partial charge in [-0.3, -0.25) is 4.90 Å². The van der Waals surface area contributed by atoms with Crippen molar-refractivity contribution in [3.63, 3.8) is 0 Å². The summed E-state index contributed by atoms with van der Waals surface area (Å²) in [6.45, 7) is 11.7. The van der Waals surface area contributed by atoms with Crippen LogP contribution in [0.1, 0.15) is 19.3 Å². The Kier molecular flexibility index (Phi) is 10.0. The summed E-state index contributed by atoms with van der Waals surface area (Å²) in [6.07, 6.45) is 7.75. The lowest BCUT2D eigenvalue weighted by atomic mass is 10.2. The van der Waals surface area contributed by atoms with E-state index in [2.05, 4.69) is 23.4 Å². The Morgan fingerprint density at radius 2 is 1.71 bits per heavy atom. The van der Waals surface area contributed by atoms with Gasteiger partial charge in [-0.2, -0.15) is 0 Å². The molecule has 0 aromatic heterocycles. The van der Waals surface area contributed by atoms with Gasteiger partial charge in [0.1, 0.15) is 0 Å². The van der Waals surface area contributed by atoms with Crippen molar-refractivity contribution in [2.45, 2.75) is 19.3 Å². The molecular weight excluding hydrogens is 172 g/mol. The van der Waals surface area contributed by atoms with E-state index in [1.165, 1.54) is 19.3 Å². The molecule has 0 aromatic carbocycles. The van der Waals surface area contributed by atoms with Crippen LogP contribution in [0.3, 0.4) is 0 Å². The summed E-state index contributed by atoms with van der Waals surface area (Å²) in [6, 6.07) is 0. The quantitative estimate of drug-likeness (QED) is 0.425. The highest BCUT2D eigenvalue weighted by Crippen LogP contribution is 1.98. The maximum atomic E-state index is 3.75. The summed E-state index contributed by atoms with van der Waals surface area (Å²) in [5.41, 5.74) is 0. The normalized spacial score (nSPS) is 10.4. The summed E-state index contributed by atoms with van der Waals surface area (Å²) in [5.74, 6) is 0. The first-order chi connectivity index (χ1) is 6.85. The van der Waals surface area contributed by atoms with Gasteiger partial charge in [-0.1, -0.05) is 18.6 Å². The average molecular weight is 196 g/mol. The van der Waals surface area contributed by atoms with Crippen LogP contribution in [0.2, 0.25) is 0 Å². The Hall–Kier alpha value is -0.600. The lowest BCUT2D eigenvalue weighted by molar-refractivity contribution is 0.325. The molecule has 0 saturated carbocycles. The van der Waals surface area contributed by atoms with Crippen molar-refractivity contribution < 1.29 is 0 Å². The fourth-order valence-electron chi connectivity index (χ4n) is 1.44. The van der Waals surface area contributed by atoms with Gasteiger partial charge in [0.15, 0.2) is 0 Å². The first kappa shape index (κ1) is 13.4. The second-order valence-corrected chi connectivity index (χ2v) is 3.50. The number of hydrogen-bond acceptors (Lipinski definition) is 2. The van der Waals surface area contributed by atoms with Crippen molar-refractivity contribution in [1.82, 2.24) is 10.2 Å². The van der Waals surface area contributed by atoms with E-state index in [4.69, 9.17) is 0 Å². The first-order valence-electron chi connectivity index (χ1n) is 5.44. The van der Waals surface area contributed by atoms with Crippen molar-refractivity contribution in [2.75, 3.05) is 33.2 Å². The van der Waals surface area contributed by atoms with Crippen LogP contribution in [0, 0.1) is 0 Å². The highest BCUT2D eigenvalue weighted by molar-refractivity contribution is 4.79. The standard InChI is InChI=1S/C12H24N2/c1-4-10-14(11-5-2)12-8-6-7-9-13-3/h4-5,13H,1-2,6-12H2,3H3. The molecule has 0 aromatic rings. The van der Waals surface area contributed by atoms with Crippen molar-refractivity contribution in [2.24, 2.45) is 0 Å². The third-order valence-electron chi connectivity index (χ3n) is 2.18. The molecule has 0 aliphatic heterocycles. The summed E-state index contributed by atoms with van der Waals surface area (Å²) < 4.78 is 0. The highest BCUT2D eigenvalue weighted by Gasteiger charge is 1.99. The first-order valence-corrected chi connectivity index (χ1v) is 5.44. The monoisotopic (exact) mass is 196 g/mol. The Balaban J connectivity index is 3.39. The minimum absolute atomic E-state index is 0.970. The van der Waals surface area contributed by atoms with Crippen LogP contribution in [-0.4, -0.2) is 38.1 Å². The van der Waals surface area contributed by atoms with E-state index in [0.29, 0.717) is 0 Å². The predicted octanol–water partition coefficient (Wildman–Crippen LogP) is 2.05. The van der Waals surface area contributed by atoms with Gasteiger partial charge in [0.2, 0.25) is 0 Å². The minimum atomic E-state index is 0.970. The van der Waals surface area contributed by atoms with E-state index in [1.54, 1.807) is 0 Å².